The molecule has 1 N–H and O–H groups in total. The zero-order chi connectivity index (χ0) is 24.8. The lowest BCUT2D eigenvalue weighted by molar-refractivity contribution is -0.154. The number of rotatable bonds is 7. The van der Waals surface area contributed by atoms with Crippen molar-refractivity contribution in [2.24, 2.45) is 0 Å². The summed E-state index contributed by atoms with van der Waals surface area (Å²) in [4.78, 5) is 21.1. The van der Waals surface area contributed by atoms with E-state index in [9.17, 15) is 9.90 Å². The molecule has 0 unspecified atom stereocenters. The van der Waals surface area contributed by atoms with Crippen molar-refractivity contribution in [3.05, 3.63) is 82.8 Å². The fourth-order valence-corrected chi connectivity index (χ4v) is 3.52. The minimum Gasteiger partial charge on any atom is -0.479 e. The molecule has 2 aromatic rings. The van der Waals surface area contributed by atoms with Crippen LogP contribution in [0.5, 0.6) is 0 Å². The summed E-state index contributed by atoms with van der Waals surface area (Å²) < 4.78 is 5.89. The Bertz CT molecular complexity index is 1260. The van der Waals surface area contributed by atoms with Crippen molar-refractivity contribution in [3.63, 3.8) is 0 Å². The van der Waals surface area contributed by atoms with Gasteiger partial charge in [-0.2, -0.15) is 0 Å². The molecular formula is C28H34N2O3. The SMILES string of the molecule is C=C(C)\C=C/C(=C\C)C(=C\[C@H](OC(C)(C)C)C(=O)O)/C(C)=c1\c(=C\C)ncc2ccncc12. The second kappa shape index (κ2) is 11.0. The quantitative estimate of drug-likeness (QED) is 0.614. The number of hydrogen-bond acceptors (Lipinski definition) is 4. The molecule has 0 fully saturated rings. The van der Waals surface area contributed by atoms with Crippen molar-refractivity contribution in [3.8, 4) is 0 Å². The molecule has 33 heavy (non-hydrogen) atoms. The molecule has 5 nitrogen and oxygen atoms in total. The van der Waals surface area contributed by atoms with Gasteiger partial charge < -0.3 is 9.84 Å². The Morgan fingerprint density at radius 1 is 1.18 bits per heavy atom. The first-order chi connectivity index (χ1) is 15.5. The molecule has 0 aromatic carbocycles. The highest BCUT2D eigenvalue weighted by Crippen LogP contribution is 2.25. The van der Waals surface area contributed by atoms with Crippen molar-refractivity contribution < 1.29 is 14.6 Å². The van der Waals surface area contributed by atoms with E-state index in [0.717, 1.165) is 43.6 Å². The molecule has 0 aliphatic carbocycles. The van der Waals surface area contributed by atoms with Crippen molar-refractivity contribution in [2.45, 2.75) is 60.2 Å². The van der Waals surface area contributed by atoms with E-state index in [-0.39, 0.29) is 0 Å². The fourth-order valence-electron chi connectivity index (χ4n) is 3.52. The molecule has 0 bridgehead atoms. The number of ether oxygens (including phenoxy) is 1. The summed E-state index contributed by atoms with van der Waals surface area (Å²) >= 11 is 0. The third-order valence-corrected chi connectivity index (χ3v) is 4.99. The van der Waals surface area contributed by atoms with E-state index in [1.807, 2.05) is 91.2 Å². The normalized spacial score (nSPS) is 15.8. The first-order valence-corrected chi connectivity index (χ1v) is 11.0. The highest BCUT2D eigenvalue weighted by molar-refractivity contribution is 5.87. The molecule has 0 radical (unpaired) electrons. The third kappa shape index (κ3) is 6.83. The molecule has 2 rings (SSSR count). The summed E-state index contributed by atoms with van der Waals surface area (Å²) in [5.74, 6) is -1.05. The lowest BCUT2D eigenvalue weighted by Crippen LogP contribution is -2.33. The lowest BCUT2D eigenvalue weighted by atomic mass is 9.93. The van der Waals surface area contributed by atoms with Gasteiger partial charge in [0.25, 0.3) is 0 Å². The van der Waals surface area contributed by atoms with E-state index >= 15 is 0 Å². The van der Waals surface area contributed by atoms with Gasteiger partial charge in [-0.05, 0) is 77.3 Å². The molecule has 5 heteroatoms. The van der Waals surface area contributed by atoms with Gasteiger partial charge in [-0.3, -0.25) is 9.97 Å². The van der Waals surface area contributed by atoms with Crippen LogP contribution in [0.25, 0.3) is 22.4 Å². The molecule has 2 aromatic heterocycles. The van der Waals surface area contributed by atoms with E-state index in [1.165, 1.54) is 0 Å². The van der Waals surface area contributed by atoms with E-state index in [2.05, 4.69) is 16.5 Å². The first kappa shape index (κ1) is 25.9. The van der Waals surface area contributed by atoms with Gasteiger partial charge in [-0.1, -0.05) is 36.5 Å². The fraction of sp³-hybridized carbons (Fsp3) is 0.321. The number of pyridine rings is 2. The zero-order valence-corrected chi connectivity index (χ0v) is 20.6. The maximum atomic E-state index is 12.1. The smallest absolute Gasteiger partial charge is 0.336 e. The Hall–Kier alpha value is -3.31. The molecule has 0 aliphatic heterocycles. The van der Waals surface area contributed by atoms with Crippen molar-refractivity contribution >= 4 is 28.4 Å². The van der Waals surface area contributed by atoms with Gasteiger partial charge in [-0.15, -0.1) is 0 Å². The van der Waals surface area contributed by atoms with Crippen LogP contribution in [0.1, 0.15) is 48.5 Å². The highest BCUT2D eigenvalue weighted by atomic mass is 16.5. The molecule has 174 valence electrons. The minimum atomic E-state index is -1.13. The van der Waals surface area contributed by atoms with Gasteiger partial charge in [0.05, 0.1) is 11.0 Å². The number of carboxylic acid groups (broad SMARTS) is 1. The topological polar surface area (TPSA) is 72.3 Å². The summed E-state index contributed by atoms with van der Waals surface area (Å²) in [6.45, 7) is 17.2. The van der Waals surface area contributed by atoms with Gasteiger partial charge in [0.2, 0.25) is 0 Å². The number of nitrogens with zero attached hydrogens (tertiary/aromatic N) is 2. The van der Waals surface area contributed by atoms with Crippen LogP contribution >= 0.6 is 0 Å². The van der Waals surface area contributed by atoms with Crippen LogP contribution in [0.4, 0.5) is 0 Å². The number of fused-ring (bicyclic) bond motifs is 1. The van der Waals surface area contributed by atoms with E-state index in [1.54, 1.807) is 12.3 Å². The predicted molar refractivity (Wildman–Crippen MR) is 136 cm³/mol. The highest BCUT2D eigenvalue weighted by Gasteiger charge is 2.24. The largest absolute Gasteiger partial charge is 0.479 e. The maximum absolute atomic E-state index is 12.1. The first-order valence-electron chi connectivity index (χ1n) is 11.0. The van der Waals surface area contributed by atoms with E-state index in [0.29, 0.717) is 0 Å². The average Bonchev–Trinajstić information content (AvgIpc) is 2.75. The summed E-state index contributed by atoms with van der Waals surface area (Å²) in [6.07, 6.45) is 13.7. The third-order valence-electron chi connectivity index (χ3n) is 4.99. The van der Waals surface area contributed by atoms with Crippen LogP contribution in [0.3, 0.4) is 0 Å². The molecule has 2 heterocycles. The Kier molecular flexibility index (Phi) is 8.66. The number of aliphatic carboxylic acids is 1. The van der Waals surface area contributed by atoms with Gasteiger partial charge in [0.1, 0.15) is 0 Å². The lowest BCUT2D eigenvalue weighted by Gasteiger charge is -2.24. The maximum Gasteiger partial charge on any atom is 0.336 e. The second-order valence-electron chi connectivity index (χ2n) is 8.89. The van der Waals surface area contributed by atoms with Gasteiger partial charge in [0.15, 0.2) is 6.10 Å². The number of carboxylic acids is 1. The van der Waals surface area contributed by atoms with Crippen molar-refractivity contribution in [1.82, 2.24) is 9.97 Å². The summed E-state index contributed by atoms with van der Waals surface area (Å²) in [7, 11) is 0. The van der Waals surface area contributed by atoms with Crippen LogP contribution in [-0.4, -0.2) is 32.7 Å². The molecule has 0 amide bonds. The molecule has 0 aliphatic rings. The molecule has 0 spiro atoms. The van der Waals surface area contributed by atoms with Crippen molar-refractivity contribution in [2.75, 3.05) is 0 Å². The molecular weight excluding hydrogens is 412 g/mol. The monoisotopic (exact) mass is 446 g/mol. The Balaban J connectivity index is 2.99. The standard InChI is InChI=1S/C28H34N2O3/c1-9-20(12-11-18(3)4)22(15-25(27(31)32)33-28(6,7)8)19(5)26-23-17-29-14-13-21(23)16-30-24(26)10-2/h9-17,25H,3H2,1-2,4-8H3,(H,31,32)/b12-11-,20-9+,22-15-,24-10-,26-19-/t25-/m0/s1. The Labute approximate surface area is 196 Å². The van der Waals surface area contributed by atoms with Gasteiger partial charge in [0, 0.05) is 34.6 Å². The minimum absolute atomic E-state index is 0.629. The Morgan fingerprint density at radius 2 is 1.88 bits per heavy atom. The summed E-state index contributed by atoms with van der Waals surface area (Å²) in [5.41, 5.74) is 2.77. The Morgan fingerprint density at radius 3 is 2.42 bits per heavy atom. The van der Waals surface area contributed by atoms with Crippen LogP contribution in [0.2, 0.25) is 0 Å². The number of allylic oxidation sites excluding steroid dienone is 6. The van der Waals surface area contributed by atoms with Crippen LogP contribution in [0, 0.1) is 0 Å². The van der Waals surface area contributed by atoms with Crippen molar-refractivity contribution in [1.29, 1.82) is 0 Å². The number of aromatic nitrogens is 2. The van der Waals surface area contributed by atoms with E-state index < -0.39 is 17.7 Å². The second-order valence-corrected chi connectivity index (χ2v) is 8.89. The summed E-state index contributed by atoms with van der Waals surface area (Å²) in [6, 6.07) is 1.92. The summed E-state index contributed by atoms with van der Waals surface area (Å²) in [5, 5.41) is 13.6. The molecule has 0 saturated carbocycles. The van der Waals surface area contributed by atoms with Gasteiger partial charge >= 0.3 is 5.97 Å². The predicted octanol–water partition coefficient (Wildman–Crippen LogP) is 4.87. The number of hydrogen-bond donors (Lipinski definition) is 1. The van der Waals surface area contributed by atoms with Gasteiger partial charge in [-0.25, -0.2) is 4.79 Å². The molecule has 1 atom stereocenters. The van der Waals surface area contributed by atoms with E-state index in [4.69, 9.17) is 4.74 Å². The zero-order valence-electron chi connectivity index (χ0n) is 20.6. The molecule has 0 saturated heterocycles. The van der Waals surface area contributed by atoms with Crippen LogP contribution < -0.4 is 10.6 Å². The average molecular weight is 447 g/mol. The number of carbonyl (C=O) groups is 1. The van der Waals surface area contributed by atoms with Crippen LogP contribution in [-0.2, 0) is 9.53 Å². The van der Waals surface area contributed by atoms with Crippen LogP contribution in [0.15, 0.2) is 72.3 Å².